The van der Waals surface area contributed by atoms with Gasteiger partial charge in [0.05, 0.1) is 11.7 Å². The lowest BCUT2D eigenvalue weighted by atomic mass is 9.41. The molecule has 5 aliphatic carbocycles. The molecule has 0 radical (unpaired) electrons. The lowest BCUT2D eigenvalue weighted by molar-refractivity contribution is -0.282. The van der Waals surface area contributed by atoms with Gasteiger partial charge >= 0.3 is 0 Å². The normalized spacial score (nSPS) is 61.9. The van der Waals surface area contributed by atoms with Gasteiger partial charge in [0.1, 0.15) is 18.0 Å². The fourth-order valence-electron chi connectivity index (χ4n) is 12.5. The van der Waals surface area contributed by atoms with Crippen LogP contribution in [-0.2, 0) is 14.3 Å². The lowest BCUT2D eigenvalue weighted by Crippen LogP contribution is -2.59. The van der Waals surface area contributed by atoms with Crippen LogP contribution < -0.4 is 0 Å². The smallest absolute Gasteiger partial charge is 0.199 e. The first-order valence-corrected chi connectivity index (χ1v) is 14.4. The first kappa shape index (κ1) is 23.6. The second-order valence-electron chi connectivity index (χ2n) is 15.7. The molecule has 3 spiro atoms. The molecule has 5 heteroatoms. The Kier molecular flexibility index (Phi) is 4.19. The van der Waals surface area contributed by atoms with E-state index in [-0.39, 0.29) is 39.1 Å². The van der Waals surface area contributed by atoms with Gasteiger partial charge in [-0.15, -0.1) is 0 Å². The summed E-state index contributed by atoms with van der Waals surface area (Å²) in [4.78, 5) is 12.9. The van der Waals surface area contributed by atoms with E-state index in [0.717, 1.165) is 38.5 Å². The molecule has 2 aliphatic heterocycles. The SMILES string of the molecule is C[C@@H]1CC2OC3(O[C@@H]2C(C)(C)O)C1[C@@]1(C)CC[C@@]24C[C@@]25CCC(=O)C(C)(C)C5CCC4[C@]1(C)[C@H]3O. The van der Waals surface area contributed by atoms with E-state index in [2.05, 4.69) is 34.6 Å². The zero-order valence-electron chi connectivity index (χ0n) is 22.8. The summed E-state index contributed by atoms with van der Waals surface area (Å²) in [5.74, 6) is 0.809. The van der Waals surface area contributed by atoms with E-state index >= 15 is 0 Å². The molecule has 0 aromatic rings. The average Bonchev–Trinajstić information content (AvgIpc) is 3.28. The molecule has 7 aliphatic rings. The first-order chi connectivity index (χ1) is 16.1. The van der Waals surface area contributed by atoms with Crippen molar-refractivity contribution in [2.45, 2.75) is 130 Å². The number of carbonyl (C=O) groups is 1. The van der Waals surface area contributed by atoms with Gasteiger partial charge in [0.2, 0.25) is 0 Å². The summed E-state index contributed by atoms with van der Waals surface area (Å²) in [5, 5.41) is 23.4. The first-order valence-electron chi connectivity index (χ1n) is 14.4. The van der Waals surface area contributed by atoms with Crippen molar-refractivity contribution in [3.63, 3.8) is 0 Å². The maximum Gasteiger partial charge on any atom is 0.199 e. The van der Waals surface area contributed by atoms with E-state index in [1.807, 2.05) is 13.8 Å². The number of aliphatic hydroxyl groups is 2. The van der Waals surface area contributed by atoms with Crippen LogP contribution in [0, 0.1) is 50.7 Å². The Hall–Kier alpha value is -0.490. The van der Waals surface area contributed by atoms with Crippen molar-refractivity contribution in [1.29, 1.82) is 0 Å². The third-order valence-corrected chi connectivity index (χ3v) is 13.9. The Morgan fingerprint density at radius 2 is 1.63 bits per heavy atom. The average molecular weight is 487 g/mol. The summed E-state index contributed by atoms with van der Waals surface area (Å²) in [6, 6.07) is 0. The van der Waals surface area contributed by atoms with Gasteiger partial charge in [0.15, 0.2) is 5.79 Å². The fraction of sp³-hybridized carbons (Fsp3) is 0.967. The minimum Gasteiger partial charge on any atom is -0.388 e. The largest absolute Gasteiger partial charge is 0.388 e. The second kappa shape index (κ2) is 6.21. The van der Waals surface area contributed by atoms with Gasteiger partial charge in [0, 0.05) is 23.2 Å². The predicted molar refractivity (Wildman–Crippen MR) is 131 cm³/mol. The molecule has 12 atom stereocenters. The molecule has 2 bridgehead atoms. The van der Waals surface area contributed by atoms with Crippen molar-refractivity contribution in [2.75, 3.05) is 0 Å². The number of hydrogen-bond donors (Lipinski definition) is 2. The fourth-order valence-corrected chi connectivity index (χ4v) is 12.5. The summed E-state index contributed by atoms with van der Waals surface area (Å²) in [6.45, 7) is 15.2. The molecule has 5 nitrogen and oxygen atoms in total. The van der Waals surface area contributed by atoms with Crippen LogP contribution in [0.5, 0.6) is 0 Å². The number of aliphatic hydroxyl groups excluding tert-OH is 1. The van der Waals surface area contributed by atoms with Crippen LogP contribution in [-0.4, -0.2) is 45.7 Å². The van der Waals surface area contributed by atoms with Crippen molar-refractivity contribution in [3.05, 3.63) is 0 Å². The minimum atomic E-state index is -1.03. The van der Waals surface area contributed by atoms with Crippen molar-refractivity contribution >= 4 is 5.78 Å². The van der Waals surface area contributed by atoms with E-state index in [9.17, 15) is 15.0 Å². The molecule has 7 fully saturated rings. The number of hydrogen-bond acceptors (Lipinski definition) is 5. The van der Waals surface area contributed by atoms with Gasteiger partial charge in [-0.25, -0.2) is 0 Å². The zero-order chi connectivity index (χ0) is 25.2. The molecular formula is C30H46O5. The Morgan fingerprint density at radius 1 is 0.971 bits per heavy atom. The maximum absolute atomic E-state index is 12.9. The Balaban J connectivity index is 1.33. The molecule has 5 saturated carbocycles. The second-order valence-corrected chi connectivity index (χ2v) is 15.7. The molecule has 2 N–H and O–H groups in total. The highest BCUT2D eigenvalue weighted by molar-refractivity contribution is 5.86. The third-order valence-electron chi connectivity index (χ3n) is 13.9. The van der Waals surface area contributed by atoms with E-state index < -0.39 is 23.6 Å². The standard InChI is InChI=1S/C30H46O5/c1-16-14-17-22(25(4,5)33)35-30(34-17)21(16)26(6)12-13-29-15-28(29)11-10-20(31)24(2,3)18(28)8-9-19(29)27(26,7)23(30)32/h16-19,21-23,32-33H,8-15H2,1-7H3/t16-,17?,18?,19?,21?,22+,23-,26-,27-,28-,29+,30?/m1/s1. The predicted octanol–water partition coefficient (Wildman–Crippen LogP) is 4.87. The molecule has 7 rings (SSSR count). The summed E-state index contributed by atoms with van der Waals surface area (Å²) < 4.78 is 13.5. The van der Waals surface area contributed by atoms with Crippen LogP contribution in [0.25, 0.3) is 0 Å². The van der Waals surface area contributed by atoms with Gasteiger partial charge in [-0.2, -0.15) is 0 Å². The molecule has 0 aromatic heterocycles. The Labute approximate surface area is 210 Å². The highest BCUT2D eigenvalue weighted by Gasteiger charge is 2.88. The van der Waals surface area contributed by atoms with Gasteiger partial charge in [-0.3, -0.25) is 4.79 Å². The zero-order valence-corrected chi connectivity index (χ0v) is 22.8. The van der Waals surface area contributed by atoms with Crippen LogP contribution >= 0.6 is 0 Å². The molecule has 35 heavy (non-hydrogen) atoms. The summed E-state index contributed by atoms with van der Waals surface area (Å²) in [6.07, 6.45) is 7.03. The molecule has 2 saturated heterocycles. The van der Waals surface area contributed by atoms with E-state index in [1.165, 1.54) is 12.8 Å². The van der Waals surface area contributed by atoms with Crippen LogP contribution in [0.15, 0.2) is 0 Å². The number of carbonyl (C=O) groups excluding carboxylic acids is 1. The molecular weight excluding hydrogens is 440 g/mol. The Morgan fingerprint density at radius 3 is 2.31 bits per heavy atom. The summed E-state index contributed by atoms with van der Waals surface area (Å²) in [7, 11) is 0. The van der Waals surface area contributed by atoms with Gasteiger partial charge in [0.25, 0.3) is 0 Å². The topological polar surface area (TPSA) is 76.0 Å². The van der Waals surface area contributed by atoms with E-state index in [0.29, 0.717) is 23.5 Å². The highest BCUT2D eigenvalue weighted by atomic mass is 16.8. The number of Topliss-reactive ketones (excluding diaryl/α,β-unsaturated/α-hetero) is 1. The monoisotopic (exact) mass is 486 g/mol. The molecule has 0 amide bonds. The van der Waals surface area contributed by atoms with Gasteiger partial charge in [-0.1, -0.05) is 34.6 Å². The summed E-state index contributed by atoms with van der Waals surface area (Å²) in [5.41, 5.74) is -1.13. The third kappa shape index (κ3) is 2.25. The molecule has 0 aromatic carbocycles. The minimum absolute atomic E-state index is 0.0855. The van der Waals surface area contributed by atoms with Gasteiger partial charge in [-0.05, 0) is 92.8 Å². The van der Waals surface area contributed by atoms with Crippen molar-refractivity contribution in [1.82, 2.24) is 0 Å². The number of rotatable bonds is 1. The van der Waals surface area contributed by atoms with Gasteiger partial charge < -0.3 is 19.7 Å². The molecule has 2 heterocycles. The highest BCUT2D eigenvalue weighted by Crippen LogP contribution is 2.90. The number of fused-ring (bicyclic) bond motifs is 4. The maximum atomic E-state index is 12.9. The lowest BCUT2D eigenvalue weighted by Gasteiger charge is -2.62. The quantitative estimate of drug-likeness (QED) is 0.553. The Bertz CT molecular complexity index is 999. The molecule has 196 valence electrons. The van der Waals surface area contributed by atoms with Crippen molar-refractivity contribution in [3.8, 4) is 0 Å². The van der Waals surface area contributed by atoms with E-state index in [4.69, 9.17) is 9.47 Å². The number of ether oxygens (including phenoxy) is 2. The van der Waals surface area contributed by atoms with Crippen LogP contribution in [0.1, 0.15) is 99.8 Å². The molecule has 5 unspecified atom stereocenters. The van der Waals surface area contributed by atoms with Crippen LogP contribution in [0.3, 0.4) is 0 Å². The van der Waals surface area contributed by atoms with Crippen LogP contribution in [0.4, 0.5) is 0 Å². The van der Waals surface area contributed by atoms with E-state index in [1.54, 1.807) is 0 Å². The summed E-state index contributed by atoms with van der Waals surface area (Å²) >= 11 is 0. The number of ketones is 1. The van der Waals surface area contributed by atoms with Crippen LogP contribution in [0.2, 0.25) is 0 Å². The van der Waals surface area contributed by atoms with Crippen molar-refractivity contribution < 1.29 is 24.5 Å². The van der Waals surface area contributed by atoms with Crippen molar-refractivity contribution in [2.24, 2.45) is 50.7 Å².